The summed E-state index contributed by atoms with van der Waals surface area (Å²) in [6.07, 6.45) is 2.91. The first kappa shape index (κ1) is 12.8. The highest BCUT2D eigenvalue weighted by Crippen LogP contribution is 2.05. The molecule has 96 valence electrons. The zero-order valence-corrected chi connectivity index (χ0v) is 11.1. The van der Waals surface area contributed by atoms with Crippen LogP contribution in [0.25, 0.3) is 0 Å². The lowest BCUT2D eigenvalue weighted by Crippen LogP contribution is -2.13. The average molecular weight is 244 g/mol. The van der Waals surface area contributed by atoms with Crippen molar-refractivity contribution in [1.82, 2.24) is 20.3 Å². The second-order valence-corrected chi connectivity index (χ2v) is 4.30. The van der Waals surface area contributed by atoms with Crippen LogP contribution >= 0.6 is 0 Å². The van der Waals surface area contributed by atoms with Gasteiger partial charge in [-0.1, -0.05) is 31.2 Å². The summed E-state index contributed by atoms with van der Waals surface area (Å²) in [6, 6.07) is 8.72. The molecule has 1 aromatic carbocycles. The summed E-state index contributed by atoms with van der Waals surface area (Å²) in [5, 5.41) is 11.9. The van der Waals surface area contributed by atoms with Gasteiger partial charge in [0.15, 0.2) is 0 Å². The van der Waals surface area contributed by atoms with E-state index in [-0.39, 0.29) is 0 Å². The molecule has 0 saturated carbocycles. The van der Waals surface area contributed by atoms with E-state index >= 15 is 0 Å². The Labute approximate surface area is 108 Å². The molecule has 4 heteroatoms. The normalized spacial score (nSPS) is 10.8. The Morgan fingerprint density at radius 2 is 1.78 bits per heavy atom. The summed E-state index contributed by atoms with van der Waals surface area (Å²) in [7, 11) is 0. The van der Waals surface area contributed by atoms with Crippen LogP contribution in [0.2, 0.25) is 0 Å². The van der Waals surface area contributed by atoms with Crippen molar-refractivity contribution in [2.45, 2.75) is 39.9 Å². The van der Waals surface area contributed by atoms with Crippen LogP contribution in [0, 0.1) is 0 Å². The van der Waals surface area contributed by atoms with E-state index in [1.165, 1.54) is 11.1 Å². The van der Waals surface area contributed by atoms with E-state index in [0.717, 1.165) is 31.7 Å². The van der Waals surface area contributed by atoms with Crippen molar-refractivity contribution in [3.05, 3.63) is 47.3 Å². The van der Waals surface area contributed by atoms with Gasteiger partial charge in [0.05, 0.1) is 18.4 Å². The largest absolute Gasteiger partial charge is 0.307 e. The van der Waals surface area contributed by atoms with E-state index in [1.54, 1.807) is 4.80 Å². The van der Waals surface area contributed by atoms with Crippen LogP contribution in [0.5, 0.6) is 0 Å². The second-order valence-electron chi connectivity index (χ2n) is 4.30. The summed E-state index contributed by atoms with van der Waals surface area (Å²) in [5.41, 5.74) is 3.67. The van der Waals surface area contributed by atoms with Crippen molar-refractivity contribution >= 4 is 0 Å². The van der Waals surface area contributed by atoms with Gasteiger partial charge in [-0.25, -0.2) is 0 Å². The first-order valence-electron chi connectivity index (χ1n) is 6.49. The summed E-state index contributed by atoms with van der Waals surface area (Å²) < 4.78 is 0. The minimum atomic E-state index is 0.759. The van der Waals surface area contributed by atoms with Gasteiger partial charge >= 0.3 is 0 Å². The predicted octanol–water partition coefficient (Wildman–Crippen LogP) is 2.15. The fourth-order valence-electron chi connectivity index (χ4n) is 1.79. The van der Waals surface area contributed by atoms with Gasteiger partial charge in [-0.15, -0.1) is 0 Å². The first-order valence-corrected chi connectivity index (χ1v) is 6.49. The summed E-state index contributed by atoms with van der Waals surface area (Å²) in [6.45, 7) is 6.65. The molecular weight excluding hydrogens is 224 g/mol. The number of benzene rings is 1. The molecule has 0 amide bonds. The molecule has 2 rings (SSSR count). The monoisotopic (exact) mass is 244 g/mol. The molecule has 0 fully saturated rings. The van der Waals surface area contributed by atoms with Crippen LogP contribution in [-0.2, 0) is 26.1 Å². The number of hydrogen-bond acceptors (Lipinski definition) is 3. The van der Waals surface area contributed by atoms with E-state index < -0.39 is 0 Å². The number of aromatic nitrogens is 3. The van der Waals surface area contributed by atoms with Crippen LogP contribution in [-0.4, -0.2) is 15.0 Å². The Hall–Kier alpha value is -1.68. The van der Waals surface area contributed by atoms with E-state index in [0.29, 0.717) is 0 Å². The van der Waals surface area contributed by atoms with Crippen molar-refractivity contribution in [2.75, 3.05) is 0 Å². The minimum absolute atomic E-state index is 0.759. The molecular formula is C14H20N4. The highest BCUT2D eigenvalue weighted by Gasteiger charge is 1.99. The smallest absolute Gasteiger partial charge is 0.0965 e. The first-order chi connectivity index (χ1) is 8.81. The SMILES string of the molecule is CCc1ccc(CNCc2cnn(CC)n2)cc1. The highest BCUT2D eigenvalue weighted by molar-refractivity contribution is 5.22. The lowest BCUT2D eigenvalue weighted by molar-refractivity contribution is 0.557. The topological polar surface area (TPSA) is 42.7 Å². The standard InChI is InChI=1S/C14H20N4/c1-3-12-5-7-13(8-6-12)9-15-10-14-11-16-18(4-2)17-14/h5-8,11,15H,3-4,9-10H2,1-2H3. The van der Waals surface area contributed by atoms with Crippen LogP contribution in [0.1, 0.15) is 30.7 Å². The summed E-state index contributed by atoms with van der Waals surface area (Å²) >= 11 is 0. The molecule has 1 heterocycles. The van der Waals surface area contributed by atoms with Gasteiger partial charge < -0.3 is 5.32 Å². The number of rotatable bonds is 6. The number of aryl methyl sites for hydroxylation is 2. The molecule has 1 aromatic heterocycles. The van der Waals surface area contributed by atoms with Crippen molar-refractivity contribution in [3.8, 4) is 0 Å². The van der Waals surface area contributed by atoms with E-state index in [9.17, 15) is 0 Å². The van der Waals surface area contributed by atoms with Crippen molar-refractivity contribution < 1.29 is 0 Å². The fourth-order valence-corrected chi connectivity index (χ4v) is 1.79. The third kappa shape index (κ3) is 3.40. The van der Waals surface area contributed by atoms with Crippen LogP contribution in [0.4, 0.5) is 0 Å². The number of hydrogen-bond donors (Lipinski definition) is 1. The maximum absolute atomic E-state index is 4.33. The Morgan fingerprint density at radius 1 is 1.06 bits per heavy atom. The van der Waals surface area contributed by atoms with Crippen molar-refractivity contribution in [2.24, 2.45) is 0 Å². The van der Waals surface area contributed by atoms with Gasteiger partial charge in [-0.3, -0.25) is 0 Å². The number of nitrogens with zero attached hydrogens (tertiary/aromatic N) is 3. The lowest BCUT2D eigenvalue weighted by Gasteiger charge is -2.04. The average Bonchev–Trinajstić information content (AvgIpc) is 2.87. The molecule has 0 aliphatic carbocycles. The molecule has 0 saturated heterocycles. The predicted molar refractivity (Wildman–Crippen MR) is 72.1 cm³/mol. The zero-order valence-electron chi connectivity index (χ0n) is 11.1. The highest BCUT2D eigenvalue weighted by atomic mass is 15.5. The van der Waals surface area contributed by atoms with Gasteiger partial charge in [0.1, 0.15) is 0 Å². The van der Waals surface area contributed by atoms with Gasteiger partial charge in [0, 0.05) is 13.1 Å². The lowest BCUT2D eigenvalue weighted by atomic mass is 10.1. The van der Waals surface area contributed by atoms with Crippen LogP contribution in [0.15, 0.2) is 30.5 Å². The molecule has 0 aliphatic heterocycles. The van der Waals surface area contributed by atoms with Gasteiger partial charge in [-0.2, -0.15) is 15.0 Å². The Morgan fingerprint density at radius 3 is 2.39 bits per heavy atom. The molecule has 2 aromatic rings. The van der Waals surface area contributed by atoms with Crippen molar-refractivity contribution in [3.63, 3.8) is 0 Å². The van der Waals surface area contributed by atoms with E-state index in [1.807, 2.05) is 13.1 Å². The van der Waals surface area contributed by atoms with Gasteiger partial charge in [0.25, 0.3) is 0 Å². The third-order valence-electron chi connectivity index (χ3n) is 2.93. The maximum atomic E-state index is 4.33. The molecule has 1 N–H and O–H groups in total. The Balaban J connectivity index is 1.80. The maximum Gasteiger partial charge on any atom is 0.0965 e. The molecule has 0 radical (unpaired) electrons. The fraction of sp³-hybridized carbons (Fsp3) is 0.429. The second kappa shape index (κ2) is 6.31. The van der Waals surface area contributed by atoms with Gasteiger partial charge in [-0.05, 0) is 24.5 Å². The van der Waals surface area contributed by atoms with Gasteiger partial charge in [0.2, 0.25) is 0 Å². The Bertz CT molecular complexity index is 473. The molecule has 0 atom stereocenters. The van der Waals surface area contributed by atoms with E-state index in [4.69, 9.17) is 0 Å². The molecule has 18 heavy (non-hydrogen) atoms. The number of nitrogens with one attached hydrogen (secondary N) is 1. The zero-order chi connectivity index (χ0) is 12.8. The molecule has 0 unspecified atom stereocenters. The third-order valence-corrected chi connectivity index (χ3v) is 2.93. The summed E-state index contributed by atoms with van der Waals surface area (Å²) in [4.78, 5) is 1.70. The Kier molecular flexibility index (Phi) is 4.47. The van der Waals surface area contributed by atoms with Crippen molar-refractivity contribution in [1.29, 1.82) is 0 Å². The molecule has 0 aliphatic rings. The van der Waals surface area contributed by atoms with E-state index in [2.05, 4.69) is 46.7 Å². The molecule has 0 bridgehead atoms. The molecule has 0 spiro atoms. The van der Waals surface area contributed by atoms with Crippen LogP contribution < -0.4 is 5.32 Å². The summed E-state index contributed by atoms with van der Waals surface area (Å²) in [5.74, 6) is 0. The molecule has 4 nitrogen and oxygen atoms in total. The minimum Gasteiger partial charge on any atom is -0.307 e. The quantitative estimate of drug-likeness (QED) is 0.846. The van der Waals surface area contributed by atoms with Crippen LogP contribution in [0.3, 0.4) is 0 Å².